The fraction of sp³-hybridized carbons (Fsp3) is 0.600. The highest BCUT2D eigenvalue weighted by molar-refractivity contribution is 5.77. The van der Waals surface area contributed by atoms with Crippen molar-refractivity contribution in [1.82, 2.24) is 15.2 Å². The van der Waals surface area contributed by atoms with Crippen LogP contribution in [0.5, 0.6) is 0 Å². The van der Waals surface area contributed by atoms with Crippen molar-refractivity contribution in [1.29, 1.82) is 0 Å². The van der Waals surface area contributed by atoms with E-state index in [9.17, 15) is 4.79 Å². The maximum absolute atomic E-state index is 11.7. The van der Waals surface area contributed by atoms with E-state index in [2.05, 4.69) is 34.3 Å². The standard InChI is InChI=1S/C15H23N3O/c1-2-7-17-15(19)12-18-10-5-14(6-11-18)13-3-8-16-9-4-13/h3-4,8-9,14H,2,5-7,10-12H2,1H3,(H,17,19). The quantitative estimate of drug-likeness (QED) is 0.879. The number of amides is 1. The van der Waals surface area contributed by atoms with Gasteiger partial charge in [0.15, 0.2) is 0 Å². The molecule has 1 aromatic rings. The molecule has 1 fully saturated rings. The molecule has 0 bridgehead atoms. The first kappa shape index (κ1) is 14.0. The Morgan fingerprint density at radius 2 is 2.05 bits per heavy atom. The molecule has 4 heteroatoms. The molecule has 104 valence electrons. The van der Waals surface area contributed by atoms with Crippen molar-refractivity contribution < 1.29 is 4.79 Å². The summed E-state index contributed by atoms with van der Waals surface area (Å²) in [5, 5.41) is 2.93. The molecule has 0 unspecified atom stereocenters. The second kappa shape index (κ2) is 7.24. The molecule has 1 aromatic heterocycles. The van der Waals surface area contributed by atoms with Gasteiger partial charge in [-0.05, 0) is 56.0 Å². The number of nitrogens with zero attached hydrogens (tertiary/aromatic N) is 2. The van der Waals surface area contributed by atoms with Crippen LogP contribution in [0.1, 0.15) is 37.7 Å². The van der Waals surface area contributed by atoms with Crippen molar-refractivity contribution in [2.24, 2.45) is 0 Å². The number of nitrogens with one attached hydrogen (secondary N) is 1. The summed E-state index contributed by atoms with van der Waals surface area (Å²) < 4.78 is 0. The molecule has 4 nitrogen and oxygen atoms in total. The summed E-state index contributed by atoms with van der Waals surface area (Å²) in [6, 6.07) is 4.21. The number of pyridine rings is 1. The number of likely N-dealkylation sites (tertiary alicyclic amines) is 1. The van der Waals surface area contributed by atoms with Crippen LogP contribution >= 0.6 is 0 Å². The molecular formula is C15H23N3O. The highest BCUT2D eigenvalue weighted by Gasteiger charge is 2.21. The van der Waals surface area contributed by atoms with E-state index in [4.69, 9.17) is 0 Å². The average Bonchev–Trinajstić information content (AvgIpc) is 2.47. The molecule has 1 amide bonds. The van der Waals surface area contributed by atoms with Crippen molar-refractivity contribution in [3.8, 4) is 0 Å². The van der Waals surface area contributed by atoms with Crippen molar-refractivity contribution >= 4 is 5.91 Å². The van der Waals surface area contributed by atoms with Crippen molar-refractivity contribution in [2.45, 2.75) is 32.1 Å². The Kier molecular flexibility index (Phi) is 5.33. The average molecular weight is 261 g/mol. The minimum absolute atomic E-state index is 0.157. The van der Waals surface area contributed by atoms with E-state index in [1.165, 1.54) is 5.56 Å². The lowest BCUT2D eigenvalue weighted by atomic mass is 9.90. The molecule has 2 rings (SSSR count). The molecular weight excluding hydrogens is 238 g/mol. The van der Waals surface area contributed by atoms with Crippen LogP contribution in [0.2, 0.25) is 0 Å². The zero-order valence-corrected chi connectivity index (χ0v) is 11.6. The number of hydrogen-bond donors (Lipinski definition) is 1. The number of aromatic nitrogens is 1. The Labute approximate surface area is 115 Å². The number of carbonyl (C=O) groups is 1. The molecule has 0 aromatic carbocycles. The first-order chi connectivity index (χ1) is 9.29. The lowest BCUT2D eigenvalue weighted by molar-refractivity contribution is -0.122. The maximum Gasteiger partial charge on any atom is 0.234 e. The van der Waals surface area contributed by atoms with Crippen molar-refractivity contribution in [3.63, 3.8) is 0 Å². The van der Waals surface area contributed by atoms with Gasteiger partial charge in [0.2, 0.25) is 5.91 Å². The second-order valence-corrected chi connectivity index (χ2v) is 5.18. The zero-order chi connectivity index (χ0) is 13.5. The fourth-order valence-corrected chi connectivity index (χ4v) is 2.58. The summed E-state index contributed by atoms with van der Waals surface area (Å²) in [6.45, 7) is 5.41. The molecule has 0 aliphatic carbocycles. The van der Waals surface area contributed by atoms with Crippen LogP contribution in [0.15, 0.2) is 24.5 Å². The third kappa shape index (κ3) is 4.31. The Hall–Kier alpha value is -1.42. The lowest BCUT2D eigenvalue weighted by Crippen LogP contribution is -2.41. The van der Waals surface area contributed by atoms with Crippen molar-refractivity contribution in [3.05, 3.63) is 30.1 Å². The first-order valence-corrected chi connectivity index (χ1v) is 7.18. The van der Waals surface area contributed by atoms with E-state index < -0.39 is 0 Å². The van der Waals surface area contributed by atoms with Gasteiger partial charge in [0.05, 0.1) is 6.54 Å². The van der Waals surface area contributed by atoms with E-state index >= 15 is 0 Å². The van der Waals surface area contributed by atoms with Gasteiger partial charge in [-0.25, -0.2) is 0 Å². The third-order valence-corrected chi connectivity index (χ3v) is 3.70. The van der Waals surface area contributed by atoms with Crippen LogP contribution < -0.4 is 5.32 Å². The maximum atomic E-state index is 11.7. The molecule has 1 aliphatic rings. The third-order valence-electron chi connectivity index (χ3n) is 3.70. The van der Waals surface area contributed by atoms with Gasteiger partial charge in [-0.15, -0.1) is 0 Å². The summed E-state index contributed by atoms with van der Waals surface area (Å²) >= 11 is 0. The van der Waals surface area contributed by atoms with Gasteiger partial charge in [-0.2, -0.15) is 0 Å². The number of hydrogen-bond acceptors (Lipinski definition) is 3. The summed E-state index contributed by atoms with van der Waals surface area (Å²) in [7, 11) is 0. The SMILES string of the molecule is CCCNC(=O)CN1CCC(c2ccncc2)CC1. The minimum Gasteiger partial charge on any atom is -0.355 e. The van der Waals surface area contributed by atoms with Crippen LogP contribution in [0.3, 0.4) is 0 Å². The van der Waals surface area contributed by atoms with Gasteiger partial charge in [-0.3, -0.25) is 14.7 Å². The predicted octanol–water partition coefficient (Wildman–Crippen LogP) is 1.79. The van der Waals surface area contributed by atoms with Crippen LogP contribution in [0.25, 0.3) is 0 Å². The predicted molar refractivity (Wildman–Crippen MR) is 76.0 cm³/mol. The number of carbonyl (C=O) groups excluding carboxylic acids is 1. The van der Waals surface area contributed by atoms with E-state index in [-0.39, 0.29) is 5.91 Å². The molecule has 1 saturated heterocycles. The minimum atomic E-state index is 0.157. The zero-order valence-electron chi connectivity index (χ0n) is 11.6. The van der Waals surface area contributed by atoms with Crippen LogP contribution in [0.4, 0.5) is 0 Å². The van der Waals surface area contributed by atoms with Gasteiger partial charge in [-0.1, -0.05) is 6.92 Å². The Balaban J connectivity index is 1.75. The summed E-state index contributed by atoms with van der Waals surface area (Å²) in [6.07, 6.45) is 6.98. The highest BCUT2D eigenvalue weighted by atomic mass is 16.2. The molecule has 0 spiro atoms. The van der Waals surface area contributed by atoms with Crippen LogP contribution in [-0.2, 0) is 4.79 Å². The summed E-state index contributed by atoms with van der Waals surface area (Å²) in [5.41, 5.74) is 1.38. The molecule has 1 N–H and O–H groups in total. The van der Waals surface area contributed by atoms with Gasteiger partial charge >= 0.3 is 0 Å². The first-order valence-electron chi connectivity index (χ1n) is 7.18. The molecule has 0 atom stereocenters. The molecule has 1 aliphatic heterocycles. The number of piperidine rings is 1. The Morgan fingerprint density at radius 1 is 1.37 bits per heavy atom. The summed E-state index contributed by atoms with van der Waals surface area (Å²) in [4.78, 5) is 18.0. The van der Waals surface area contributed by atoms with E-state index in [1.807, 2.05) is 12.4 Å². The smallest absolute Gasteiger partial charge is 0.234 e. The molecule has 19 heavy (non-hydrogen) atoms. The molecule has 2 heterocycles. The van der Waals surface area contributed by atoms with Crippen molar-refractivity contribution in [2.75, 3.05) is 26.2 Å². The van der Waals surface area contributed by atoms with E-state index in [0.29, 0.717) is 12.5 Å². The van der Waals surface area contributed by atoms with Gasteiger partial charge in [0.1, 0.15) is 0 Å². The van der Waals surface area contributed by atoms with Crippen LogP contribution in [-0.4, -0.2) is 42.0 Å². The monoisotopic (exact) mass is 261 g/mol. The Morgan fingerprint density at radius 3 is 2.68 bits per heavy atom. The fourth-order valence-electron chi connectivity index (χ4n) is 2.58. The summed E-state index contributed by atoms with van der Waals surface area (Å²) in [5.74, 6) is 0.780. The van der Waals surface area contributed by atoms with E-state index in [1.54, 1.807) is 0 Å². The van der Waals surface area contributed by atoms with Gasteiger partial charge < -0.3 is 5.32 Å². The highest BCUT2D eigenvalue weighted by Crippen LogP contribution is 2.27. The number of rotatable bonds is 5. The van der Waals surface area contributed by atoms with Gasteiger partial charge in [0.25, 0.3) is 0 Å². The Bertz CT molecular complexity index is 386. The van der Waals surface area contributed by atoms with Crippen LogP contribution in [0, 0.1) is 0 Å². The largest absolute Gasteiger partial charge is 0.355 e. The molecule has 0 radical (unpaired) electrons. The van der Waals surface area contributed by atoms with Gasteiger partial charge in [0, 0.05) is 18.9 Å². The second-order valence-electron chi connectivity index (χ2n) is 5.18. The van der Waals surface area contributed by atoms with E-state index in [0.717, 1.165) is 38.9 Å². The lowest BCUT2D eigenvalue weighted by Gasteiger charge is -2.31. The topological polar surface area (TPSA) is 45.2 Å². The molecule has 0 saturated carbocycles. The normalized spacial score (nSPS) is 17.3.